The number of amides is 1. The van der Waals surface area contributed by atoms with Crippen LogP contribution in [0.2, 0.25) is 5.02 Å². The highest BCUT2D eigenvalue weighted by atomic mass is 35.5. The van der Waals surface area contributed by atoms with Gasteiger partial charge in [0.1, 0.15) is 12.7 Å². The first kappa shape index (κ1) is 23.6. The summed E-state index contributed by atoms with van der Waals surface area (Å²) in [6.07, 6.45) is -3.41. The number of hydrogen-bond acceptors (Lipinski definition) is 5. The van der Waals surface area contributed by atoms with E-state index >= 15 is 0 Å². The molecule has 0 saturated carbocycles. The molecule has 5 rings (SSSR count). The Labute approximate surface area is 207 Å². The van der Waals surface area contributed by atoms with Crippen molar-refractivity contribution < 1.29 is 23.1 Å². The normalized spacial score (nSPS) is 18.4. The molecule has 0 radical (unpaired) electrons. The Hall–Kier alpha value is -3.11. The summed E-state index contributed by atoms with van der Waals surface area (Å²) in [6, 6.07) is 11.1. The largest absolute Gasteiger partial charge is 0.502 e. The summed E-state index contributed by atoms with van der Waals surface area (Å²) in [5.74, 6) is -1.39. The fourth-order valence-electron chi connectivity index (χ4n) is 4.50. The number of nitrogens with zero attached hydrogens (tertiary/aromatic N) is 3. The van der Waals surface area contributed by atoms with Crippen molar-refractivity contribution in [2.24, 2.45) is 0 Å². The second-order valence-corrected chi connectivity index (χ2v) is 9.74. The Morgan fingerprint density at radius 2 is 1.80 bits per heavy atom. The van der Waals surface area contributed by atoms with Gasteiger partial charge >= 0.3 is 6.18 Å². The average molecular weight is 522 g/mol. The SMILES string of the molecule is CC(N1CN([C@@H]2c3ccccc3CSc3c(Cl)cccc32)n2ccc(=O)c(O)c2C1=O)C(F)(F)F. The van der Waals surface area contributed by atoms with Crippen molar-refractivity contribution in [2.75, 3.05) is 11.7 Å². The zero-order valence-corrected chi connectivity index (χ0v) is 19.9. The fraction of sp³-hybridized carbons (Fsp3) is 0.250. The van der Waals surface area contributed by atoms with Gasteiger partial charge in [-0.05, 0) is 29.7 Å². The van der Waals surface area contributed by atoms with Crippen LogP contribution in [0.5, 0.6) is 5.75 Å². The van der Waals surface area contributed by atoms with E-state index in [-0.39, 0.29) is 0 Å². The van der Waals surface area contributed by atoms with E-state index in [4.69, 9.17) is 11.6 Å². The van der Waals surface area contributed by atoms with Crippen molar-refractivity contribution in [1.29, 1.82) is 0 Å². The van der Waals surface area contributed by atoms with E-state index in [2.05, 4.69) is 0 Å². The summed E-state index contributed by atoms with van der Waals surface area (Å²) in [4.78, 5) is 26.8. The lowest BCUT2D eigenvalue weighted by Crippen LogP contribution is -2.60. The number of alkyl halides is 3. The molecule has 1 unspecified atom stereocenters. The van der Waals surface area contributed by atoms with Crippen molar-refractivity contribution >= 4 is 29.3 Å². The molecule has 182 valence electrons. The van der Waals surface area contributed by atoms with E-state index in [9.17, 15) is 27.9 Å². The highest BCUT2D eigenvalue weighted by Gasteiger charge is 2.47. The molecule has 6 nitrogen and oxygen atoms in total. The van der Waals surface area contributed by atoms with Crippen LogP contribution in [0.15, 0.2) is 64.4 Å². The summed E-state index contributed by atoms with van der Waals surface area (Å²) in [6.45, 7) is 0.440. The second-order valence-electron chi connectivity index (χ2n) is 8.34. The number of fused-ring (bicyclic) bond motifs is 3. The number of aromatic hydroxyl groups is 1. The van der Waals surface area contributed by atoms with Gasteiger partial charge in [-0.15, -0.1) is 11.8 Å². The van der Waals surface area contributed by atoms with Crippen LogP contribution in [-0.2, 0) is 5.75 Å². The Bertz CT molecular complexity index is 1390. The number of pyridine rings is 1. The minimum atomic E-state index is -4.72. The molecule has 0 fully saturated rings. The van der Waals surface area contributed by atoms with Crippen molar-refractivity contribution in [2.45, 2.75) is 35.8 Å². The number of halogens is 4. The Morgan fingerprint density at radius 3 is 2.54 bits per heavy atom. The van der Waals surface area contributed by atoms with Gasteiger partial charge < -0.3 is 10.0 Å². The zero-order valence-electron chi connectivity index (χ0n) is 18.3. The number of carbonyl (C=O) groups is 1. The number of benzene rings is 2. The molecule has 35 heavy (non-hydrogen) atoms. The van der Waals surface area contributed by atoms with Crippen LogP contribution in [0, 0.1) is 0 Å². The van der Waals surface area contributed by atoms with Gasteiger partial charge in [0.25, 0.3) is 5.91 Å². The van der Waals surface area contributed by atoms with Crippen molar-refractivity contribution in [3.8, 4) is 5.75 Å². The summed E-state index contributed by atoms with van der Waals surface area (Å²) in [7, 11) is 0. The highest BCUT2D eigenvalue weighted by molar-refractivity contribution is 7.98. The molecule has 1 N–H and O–H groups in total. The third-order valence-electron chi connectivity index (χ3n) is 6.34. The summed E-state index contributed by atoms with van der Waals surface area (Å²) < 4.78 is 42.6. The van der Waals surface area contributed by atoms with E-state index in [1.807, 2.05) is 30.3 Å². The lowest BCUT2D eigenvalue weighted by molar-refractivity contribution is -0.173. The Kier molecular flexibility index (Phi) is 5.76. The molecular weight excluding hydrogens is 503 g/mol. The highest BCUT2D eigenvalue weighted by Crippen LogP contribution is 2.45. The molecule has 0 spiro atoms. The number of thioether (sulfide) groups is 1. The quantitative estimate of drug-likeness (QED) is 0.519. The smallest absolute Gasteiger partial charge is 0.408 e. The fourth-order valence-corrected chi connectivity index (χ4v) is 5.96. The van der Waals surface area contributed by atoms with Crippen LogP contribution in [0.4, 0.5) is 13.2 Å². The molecule has 1 amide bonds. The van der Waals surface area contributed by atoms with Gasteiger partial charge in [-0.3, -0.25) is 19.3 Å². The minimum Gasteiger partial charge on any atom is -0.502 e. The van der Waals surface area contributed by atoms with Crippen molar-refractivity contribution in [1.82, 2.24) is 9.58 Å². The maximum atomic E-state index is 13.8. The van der Waals surface area contributed by atoms with Gasteiger partial charge in [0, 0.05) is 22.9 Å². The summed E-state index contributed by atoms with van der Waals surface area (Å²) >= 11 is 8.05. The predicted molar refractivity (Wildman–Crippen MR) is 126 cm³/mol. The molecule has 2 aliphatic rings. The van der Waals surface area contributed by atoms with E-state index in [1.165, 1.54) is 22.6 Å². The monoisotopic (exact) mass is 521 g/mol. The third kappa shape index (κ3) is 3.84. The van der Waals surface area contributed by atoms with Crippen LogP contribution < -0.4 is 10.4 Å². The first-order valence-electron chi connectivity index (χ1n) is 10.7. The van der Waals surface area contributed by atoms with Gasteiger partial charge in [-0.1, -0.05) is 48.0 Å². The lowest BCUT2D eigenvalue weighted by atomic mass is 9.94. The standard InChI is InChI=1S/C24H19ClF3N3O3S/c1-13(24(26,27)28)29-12-31(30-10-9-18(32)21(33)20(30)23(29)34)19-15-6-3-2-5-14(15)11-35-22-16(19)7-4-8-17(22)25/h2-10,13,19,33H,11-12H2,1H3/t13?,19-/m1/s1. The number of carbonyl (C=O) groups excluding carboxylic acids is 1. The number of aromatic nitrogens is 1. The molecule has 2 atom stereocenters. The van der Waals surface area contributed by atoms with Gasteiger partial charge in [0.05, 0.1) is 11.1 Å². The van der Waals surface area contributed by atoms with E-state index in [0.717, 1.165) is 34.6 Å². The first-order valence-corrected chi connectivity index (χ1v) is 12.0. The second kappa shape index (κ2) is 8.53. The maximum Gasteiger partial charge on any atom is 0.408 e. The minimum absolute atomic E-state index is 0.440. The first-order chi connectivity index (χ1) is 16.6. The van der Waals surface area contributed by atoms with Gasteiger partial charge in [0.15, 0.2) is 11.4 Å². The summed E-state index contributed by atoms with van der Waals surface area (Å²) in [5, 5.41) is 12.6. The number of hydrogen-bond donors (Lipinski definition) is 1. The third-order valence-corrected chi connectivity index (χ3v) is 7.97. The van der Waals surface area contributed by atoms with Crippen LogP contribution in [0.25, 0.3) is 0 Å². The van der Waals surface area contributed by atoms with Crippen molar-refractivity contribution in [3.05, 3.63) is 92.4 Å². The van der Waals surface area contributed by atoms with Crippen LogP contribution in [-0.4, -0.2) is 39.5 Å². The predicted octanol–water partition coefficient (Wildman–Crippen LogP) is 4.90. The number of rotatable bonds is 2. The molecular formula is C24H19ClF3N3O3S. The van der Waals surface area contributed by atoms with E-state index in [1.54, 1.807) is 17.1 Å². The summed E-state index contributed by atoms with van der Waals surface area (Å²) in [5.41, 5.74) is 1.14. The van der Waals surface area contributed by atoms with E-state index in [0.29, 0.717) is 15.7 Å². The van der Waals surface area contributed by atoms with Crippen LogP contribution >= 0.6 is 23.4 Å². The molecule has 2 aliphatic heterocycles. The molecule has 1 aromatic heterocycles. The molecule has 3 heterocycles. The van der Waals surface area contributed by atoms with Crippen LogP contribution in [0.1, 0.15) is 40.1 Å². The Morgan fingerprint density at radius 1 is 1.09 bits per heavy atom. The van der Waals surface area contributed by atoms with Crippen LogP contribution in [0.3, 0.4) is 0 Å². The zero-order chi connectivity index (χ0) is 25.1. The molecule has 0 aliphatic carbocycles. The van der Waals surface area contributed by atoms with E-state index < -0.39 is 47.7 Å². The van der Waals surface area contributed by atoms with Gasteiger partial charge in [-0.2, -0.15) is 13.2 Å². The lowest BCUT2D eigenvalue weighted by Gasteiger charge is -2.46. The molecule has 11 heteroatoms. The van der Waals surface area contributed by atoms with Gasteiger partial charge in [-0.25, -0.2) is 0 Å². The van der Waals surface area contributed by atoms with Gasteiger partial charge in [0.2, 0.25) is 5.43 Å². The topological polar surface area (TPSA) is 65.8 Å². The maximum absolute atomic E-state index is 13.8. The average Bonchev–Trinajstić information content (AvgIpc) is 2.98. The molecule has 2 aromatic carbocycles. The molecule has 0 bridgehead atoms. The Balaban J connectivity index is 1.79. The molecule has 3 aromatic rings. The molecule has 0 saturated heterocycles. The van der Waals surface area contributed by atoms with Crippen molar-refractivity contribution in [3.63, 3.8) is 0 Å².